The maximum atomic E-state index is 12.2. The highest BCUT2D eigenvalue weighted by atomic mass is 32.2. The number of carbonyl (C=O) groups is 2. The van der Waals surface area contributed by atoms with Crippen LogP contribution in [-0.4, -0.2) is 54.4 Å². The first-order valence-electron chi connectivity index (χ1n) is 7.53. The molecule has 0 saturated carbocycles. The van der Waals surface area contributed by atoms with E-state index in [0.717, 1.165) is 5.56 Å². The molecule has 1 aromatic heterocycles. The van der Waals surface area contributed by atoms with Crippen molar-refractivity contribution in [3.63, 3.8) is 0 Å². The Balaban J connectivity index is 2.08. The number of methoxy groups -OCH3 is 3. The zero-order valence-electron chi connectivity index (χ0n) is 14.8. The van der Waals surface area contributed by atoms with Gasteiger partial charge in [-0.2, -0.15) is 0 Å². The molecule has 1 amide bonds. The van der Waals surface area contributed by atoms with Gasteiger partial charge in [-0.25, -0.2) is 0 Å². The Kier molecular flexibility index (Phi) is 7.22. The fourth-order valence-electron chi connectivity index (χ4n) is 1.90. The van der Waals surface area contributed by atoms with Gasteiger partial charge >= 0.3 is 5.97 Å². The Bertz CT molecular complexity index is 781. The van der Waals surface area contributed by atoms with Gasteiger partial charge in [-0.1, -0.05) is 11.3 Å². The van der Waals surface area contributed by atoms with Crippen LogP contribution in [0.4, 0.5) is 5.13 Å². The standard InChI is InChI=1S/C16H19N3O5S2/c1-9(25-8-13(20)24-4)14(21)17-16-19-18-15(26-16)11-7-10(22-2)5-6-12(11)23-3/h5-7,9H,8H2,1-4H3,(H,17,19,21). The van der Waals surface area contributed by atoms with Crippen LogP contribution < -0.4 is 14.8 Å². The van der Waals surface area contributed by atoms with E-state index in [9.17, 15) is 9.59 Å². The van der Waals surface area contributed by atoms with Gasteiger partial charge in [-0.15, -0.1) is 22.0 Å². The number of nitrogens with zero attached hydrogens (tertiary/aromatic N) is 2. The number of amides is 1. The highest BCUT2D eigenvalue weighted by molar-refractivity contribution is 8.01. The number of anilines is 1. The van der Waals surface area contributed by atoms with Crippen LogP contribution >= 0.6 is 23.1 Å². The van der Waals surface area contributed by atoms with Crippen molar-refractivity contribution in [3.8, 4) is 22.1 Å². The molecular formula is C16H19N3O5S2. The van der Waals surface area contributed by atoms with Gasteiger partial charge in [0.25, 0.3) is 0 Å². The van der Waals surface area contributed by atoms with Gasteiger partial charge in [-0.05, 0) is 25.1 Å². The molecule has 0 saturated heterocycles. The second kappa shape index (κ2) is 9.39. The van der Waals surface area contributed by atoms with Gasteiger partial charge < -0.3 is 14.2 Å². The Morgan fingerprint density at radius 2 is 2.00 bits per heavy atom. The minimum atomic E-state index is -0.437. The molecule has 2 rings (SSSR count). The Morgan fingerprint density at radius 3 is 2.65 bits per heavy atom. The maximum Gasteiger partial charge on any atom is 0.315 e. The molecule has 1 heterocycles. The maximum absolute atomic E-state index is 12.2. The highest BCUT2D eigenvalue weighted by Crippen LogP contribution is 2.36. The van der Waals surface area contributed by atoms with E-state index in [0.29, 0.717) is 21.6 Å². The largest absolute Gasteiger partial charge is 0.497 e. The third-order valence-electron chi connectivity index (χ3n) is 3.34. The van der Waals surface area contributed by atoms with E-state index in [1.807, 2.05) is 0 Å². The topological polar surface area (TPSA) is 99.6 Å². The number of benzene rings is 1. The fourth-order valence-corrected chi connectivity index (χ4v) is 3.38. The Labute approximate surface area is 159 Å². The van der Waals surface area contributed by atoms with E-state index in [1.165, 1.54) is 30.2 Å². The molecule has 140 valence electrons. The SMILES string of the molecule is COC(=O)CSC(C)C(=O)Nc1nnc(-c2cc(OC)ccc2OC)s1. The minimum Gasteiger partial charge on any atom is -0.497 e. The van der Waals surface area contributed by atoms with Crippen molar-refractivity contribution in [1.29, 1.82) is 0 Å². The molecule has 0 fully saturated rings. The van der Waals surface area contributed by atoms with E-state index in [-0.39, 0.29) is 17.6 Å². The summed E-state index contributed by atoms with van der Waals surface area (Å²) < 4.78 is 15.1. The van der Waals surface area contributed by atoms with Crippen molar-refractivity contribution in [2.75, 3.05) is 32.4 Å². The zero-order valence-corrected chi connectivity index (χ0v) is 16.4. The van der Waals surface area contributed by atoms with Crippen molar-refractivity contribution < 1.29 is 23.8 Å². The fraction of sp³-hybridized carbons (Fsp3) is 0.375. The monoisotopic (exact) mass is 397 g/mol. The summed E-state index contributed by atoms with van der Waals surface area (Å²) in [5, 5.41) is 11.3. The number of rotatable bonds is 8. The summed E-state index contributed by atoms with van der Waals surface area (Å²) in [4.78, 5) is 23.3. The number of thioether (sulfide) groups is 1. The van der Waals surface area contributed by atoms with Gasteiger partial charge in [-0.3, -0.25) is 14.9 Å². The molecule has 10 heteroatoms. The molecule has 0 bridgehead atoms. The van der Waals surface area contributed by atoms with E-state index in [4.69, 9.17) is 9.47 Å². The molecular weight excluding hydrogens is 378 g/mol. The van der Waals surface area contributed by atoms with Crippen molar-refractivity contribution >= 4 is 40.1 Å². The second-order valence-electron chi connectivity index (χ2n) is 5.00. The van der Waals surface area contributed by atoms with Gasteiger partial charge in [0.2, 0.25) is 11.0 Å². The predicted molar refractivity (Wildman–Crippen MR) is 101 cm³/mol. The van der Waals surface area contributed by atoms with E-state index < -0.39 is 5.25 Å². The van der Waals surface area contributed by atoms with Crippen LogP contribution in [0.2, 0.25) is 0 Å². The number of hydrogen-bond acceptors (Lipinski definition) is 9. The van der Waals surface area contributed by atoms with Gasteiger partial charge in [0.05, 0.1) is 37.9 Å². The lowest BCUT2D eigenvalue weighted by Gasteiger charge is -2.09. The summed E-state index contributed by atoms with van der Waals surface area (Å²) >= 11 is 2.40. The summed E-state index contributed by atoms with van der Waals surface area (Å²) in [6.07, 6.45) is 0. The first-order chi connectivity index (χ1) is 12.5. The number of esters is 1. The number of hydrogen-bond donors (Lipinski definition) is 1. The first kappa shape index (κ1) is 20.0. The number of ether oxygens (including phenoxy) is 3. The molecule has 1 unspecified atom stereocenters. The summed E-state index contributed by atoms with van der Waals surface area (Å²) in [6.45, 7) is 1.70. The Morgan fingerprint density at radius 1 is 1.23 bits per heavy atom. The smallest absolute Gasteiger partial charge is 0.315 e. The van der Waals surface area contributed by atoms with E-state index >= 15 is 0 Å². The van der Waals surface area contributed by atoms with Crippen LogP contribution in [0.1, 0.15) is 6.92 Å². The average molecular weight is 397 g/mol. The van der Waals surface area contributed by atoms with E-state index in [2.05, 4.69) is 20.3 Å². The number of aromatic nitrogens is 2. The van der Waals surface area contributed by atoms with Crippen LogP contribution in [0.25, 0.3) is 10.6 Å². The van der Waals surface area contributed by atoms with Gasteiger partial charge in [0.1, 0.15) is 11.5 Å². The summed E-state index contributed by atoms with van der Waals surface area (Å²) in [5.41, 5.74) is 0.720. The summed E-state index contributed by atoms with van der Waals surface area (Å²) in [5.74, 6) is 0.751. The molecule has 0 aliphatic carbocycles. The molecule has 8 nitrogen and oxygen atoms in total. The molecule has 0 spiro atoms. The quantitative estimate of drug-likeness (QED) is 0.678. The second-order valence-corrected chi connectivity index (χ2v) is 7.30. The van der Waals surface area contributed by atoms with Crippen LogP contribution in [0, 0.1) is 0 Å². The third kappa shape index (κ3) is 5.09. The number of carbonyl (C=O) groups excluding carboxylic acids is 2. The van der Waals surface area contributed by atoms with Crippen molar-refractivity contribution in [1.82, 2.24) is 10.2 Å². The molecule has 26 heavy (non-hydrogen) atoms. The third-order valence-corrected chi connectivity index (χ3v) is 5.33. The van der Waals surface area contributed by atoms with Crippen LogP contribution in [-0.2, 0) is 14.3 Å². The van der Waals surface area contributed by atoms with E-state index in [1.54, 1.807) is 39.3 Å². The predicted octanol–water partition coefficient (Wildman–Crippen LogP) is 2.46. The molecule has 2 aromatic rings. The lowest BCUT2D eigenvalue weighted by atomic mass is 10.2. The normalized spacial score (nSPS) is 11.5. The van der Waals surface area contributed by atoms with Crippen molar-refractivity contribution in [2.24, 2.45) is 0 Å². The lowest BCUT2D eigenvalue weighted by Crippen LogP contribution is -2.23. The molecule has 0 aliphatic rings. The molecule has 0 radical (unpaired) electrons. The number of nitrogens with one attached hydrogen (secondary N) is 1. The summed E-state index contributed by atoms with van der Waals surface area (Å²) in [7, 11) is 4.45. The van der Waals surface area contributed by atoms with Crippen LogP contribution in [0.15, 0.2) is 18.2 Å². The van der Waals surface area contributed by atoms with Crippen LogP contribution in [0.3, 0.4) is 0 Å². The summed E-state index contributed by atoms with van der Waals surface area (Å²) in [6, 6.07) is 5.35. The molecule has 1 aromatic carbocycles. The van der Waals surface area contributed by atoms with Crippen LogP contribution in [0.5, 0.6) is 11.5 Å². The molecule has 0 aliphatic heterocycles. The van der Waals surface area contributed by atoms with Gasteiger partial charge in [0, 0.05) is 0 Å². The lowest BCUT2D eigenvalue weighted by molar-refractivity contribution is -0.137. The Hall–Kier alpha value is -2.33. The van der Waals surface area contributed by atoms with Crippen molar-refractivity contribution in [2.45, 2.75) is 12.2 Å². The average Bonchev–Trinajstić information content (AvgIpc) is 3.13. The van der Waals surface area contributed by atoms with Crippen molar-refractivity contribution in [3.05, 3.63) is 18.2 Å². The molecule has 1 N–H and O–H groups in total. The highest BCUT2D eigenvalue weighted by Gasteiger charge is 2.19. The van der Waals surface area contributed by atoms with Gasteiger partial charge in [0.15, 0.2) is 5.01 Å². The molecule has 1 atom stereocenters. The minimum absolute atomic E-state index is 0.105. The first-order valence-corrected chi connectivity index (χ1v) is 9.40. The zero-order chi connectivity index (χ0) is 19.1.